The first kappa shape index (κ1) is 15.2. The van der Waals surface area contributed by atoms with E-state index in [1.807, 2.05) is 24.3 Å². The molecule has 1 unspecified atom stereocenters. The molecule has 0 aromatic heterocycles. The molecule has 1 aromatic carbocycles. The first-order valence-corrected chi connectivity index (χ1v) is 7.44. The highest BCUT2D eigenvalue weighted by atomic mass is 127. The smallest absolute Gasteiger partial charge is 0.334 e. The Morgan fingerprint density at radius 2 is 2.20 bits per heavy atom. The standard InChI is InChI=1S/C14H16INO4/c1-9-7-16(8-12(20-9)14(18)19)13(17)6-10-3-2-4-11(15)5-10/h2-5,9,12H,6-8H2,1H3,(H,18,19)/t9-,12?/m1/s1. The number of aliphatic carboxylic acids is 1. The van der Waals surface area contributed by atoms with Gasteiger partial charge in [-0.3, -0.25) is 4.79 Å². The number of amides is 1. The molecule has 1 N–H and O–H groups in total. The highest BCUT2D eigenvalue weighted by molar-refractivity contribution is 14.1. The van der Waals surface area contributed by atoms with Gasteiger partial charge in [0.2, 0.25) is 5.91 Å². The number of carbonyl (C=O) groups is 2. The first-order valence-electron chi connectivity index (χ1n) is 6.36. The number of halogens is 1. The molecule has 2 rings (SSSR count). The van der Waals surface area contributed by atoms with Gasteiger partial charge in [-0.1, -0.05) is 12.1 Å². The third-order valence-electron chi connectivity index (χ3n) is 3.13. The maximum Gasteiger partial charge on any atom is 0.334 e. The van der Waals surface area contributed by atoms with Crippen LogP contribution < -0.4 is 0 Å². The quantitative estimate of drug-likeness (QED) is 0.797. The number of ether oxygens (including phenoxy) is 1. The lowest BCUT2D eigenvalue weighted by molar-refractivity contribution is -0.166. The Morgan fingerprint density at radius 1 is 1.45 bits per heavy atom. The summed E-state index contributed by atoms with van der Waals surface area (Å²) < 4.78 is 6.38. The zero-order valence-electron chi connectivity index (χ0n) is 11.1. The van der Waals surface area contributed by atoms with Crippen LogP contribution in [0, 0.1) is 3.57 Å². The summed E-state index contributed by atoms with van der Waals surface area (Å²) in [6.07, 6.45) is -0.904. The molecule has 2 atom stereocenters. The maximum absolute atomic E-state index is 12.3. The minimum atomic E-state index is -1.02. The molecule has 1 saturated heterocycles. The molecule has 0 saturated carbocycles. The van der Waals surface area contributed by atoms with E-state index in [1.54, 1.807) is 11.8 Å². The van der Waals surface area contributed by atoms with E-state index in [9.17, 15) is 9.59 Å². The average Bonchev–Trinajstić information content (AvgIpc) is 2.37. The van der Waals surface area contributed by atoms with Gasteiger partial charge >= 0.3 is 5.97 Å². The molecule has 1 aliphatic rings. The second-order valence-electron chi connectivity index (χ2n) is 4.88. The van der Waals surface area contributed by atoms with Crippen LogP contribution in [0.25, 0.3) is 0 Å². The Balaban J connectivity index is 2.03. The van der Waals surface area contributed by atoms with E-state index < -0.39 is 12.1 Å². The molecule has 0 radical (unpaired) electrons. The van der Waals surface area contributed by atoms with E-state index in [0.717, 1.165) is 9.13 Å². The van der Waals surface area contributed by atoms with E-state index in [1.165, 1.54) is 0 Å². The van der Waals surface area contributed by atoms with Crippen molar-refractivity contribution in [3.63, 3.8) is 0 Å². The van der Waals surface area contributed by atoms with Gasteiger partial charge in [0.05, 0.1) is 19.1 Å². The van der Waals surface area contributed by atoms with Crippen molar-refractivity contribution in [1.29, 1.82) is 0 Å². The summed E-state index contributed by atoms with van der Waals surface area (Å²) in [5.41, 5.74) is 0.938. The van der Waals surface area contributed by atoms with Crippen LogP contribution in [-0.2, 0) is 20.7 Å². The number of nitrogens with zero attached hydrogens (tertiary/aromatic N) is 1. The Bertz CT molecular complexity index is 520. The summed E-state index contributed by atoms with van der Waals surface area (Å²) in [5, 5.41) is 9.02. The van der Waals surface area contributed by atoms with E-state index in [-0.39, 0.29) is 25.0 Å². The molecule has 1 heterocycles. The van der Waals surface area contributed by atoms with Gasteiger partial charge in [-0.05, 0) is 47.2 Å². The maximum atomic E-state index is 12.3. The van der Waals surface area contributed by atoms with E-state index in [0.29, 0.717) is 6.54 Å². The number of hydrogen-bond donors (Lipinski definition) is 1. The Morgan fingerprint density at radius 3 is 2.85 bits per heavy atom. The summed E-state index contributed by atoms with van der Waals surface area (Å²) >= 11 is 2.20. The summed E-state index contributed by atoms with van der Waals surface area (Å²) in [7, 11) is 0. The number of carbonyl (C=O) groups excluding carboxylic acids is 1. The summed E-state index contributed by atoms with van der Waals surface area (Å²) in [4.78, 5) is 24.9. The van der Waals surface area contributed by atoms with Gasteiger partial charge in [-0.15, -0.1) is 0 Å². The van der Waals surface area contributed by atoms with Crippen molar-refractivity contribution >= 4 is 34.5 Å². The fourth-order valence-corrected chi connectivity index (χ4v) is 2.83. The Labute approximate surface area is 131 Å². The Kier molecular flexibility index (Phi) is 4.98. The lowest BCUT2D eigenvalue weighted by Crippen LogP contribution is -2.52. The third-order valence-corrected chi connectivity index (χ3v) is 3.80. The van der Waals surface area contributed by atoms with Gasteiger partial charge in [0.1, 0.15) is 0 Å². The molecule has 0 aliphatic carbocycles. The van der Waals surface area contributed by atoms with Crippen LogP contribution in [0.5, 0.6) is 0 Å². The fraction of sp³-hybridized carbons (Fsp3) is 0.429. The lowest BCUT2D eigenvalue weighted by Gasteiger charge is -2.35. The first-order chi connectivity index (χ1) is 9.45. The zero-order valence-corrected chi connectivity index (χ0v) is 13.2. The van der Waals surface area contributed by atoms with Crippen molar-refractivity contribution in [2.75, 3.05) is 13.1 Å². The molecule has 1 amide bonds. The topological polar surface area (TPSA) is 66.8 Å². The molecule has 1 aliphatic heterocycles. The molecule has 1 fully saturated rings. The van der Waals surface area contributed by atoms with E-state index in [2.05, 4.69) is 22.6 Å². The van der Waals surface area contributed by atoms with Crippen molar-refractivity contribution in [3.05, 3.63) is 33.4 Å². The van der Waals surface area contributed by atoms with Gasteiger partial charge in [-0.25, -0.2) is 4.79 Å². The van der Waals surface area contributed by atoms with Crippen LogP contribution in [0.4, 0.5) is 0 Å². The van der Waals surface area contributed by atoms with Gasteiger partial charge in [0, 0.05) is 10.1 Å². The predicted molar refractivity (Wildman–Crippen MR) is 81.4 cm³/mol. The second kappa shape index (κ2) is 6.53. The minimum Gasteiger partial charge on any atom is -0.479 e. The van der Waals surface area contributed by atoms with Crippen molar-refractivity contribution in [3.8, 4) is 0 Å². The van der Waals surface area contributed by atoms with Crippen LogP contribution in [0.3, 0.4) is 0 Å². The fourth-order valence-electron chi connectivity index (χ4n) is 2.22. The Hall–Kier alpha value is -1.15. The van der Waals surface area contributed by atoms with Crippen molar-refractivity contribution in [1.82, 2.24) is 4.90 Å². The highest BCUT2D eigenvalue weighted by Gasteiger charge is 2.32. The molecule has 0 bridgehead atoms. The number of morpholine rings is 1. The number of rotatable bonds is 3. The molecular weight excluding hydrogens is 373 g/mol. The highest BCUT2D eigenvalue weighted by Crippen LogP contribution is 2.14. The summed E-state index contributed by atoms with van der Waals surface area (Å²) in [6, 6.07) is 7.73. The van der Waals surface area contributed by atoms with Crippen molar-refractivity contribution < 1.29 is 19.4 Å². The van der Waals surface area contributed by atoms with Crippen LogP contribution in [0.2, 0.25) is 0 Å². The average molecular weight is 389 g/mol. The number of hydrogen-bond acceptors (Lipinski definition) is 3. The van der Waals surface area contributed by atoms with E-state index >= 15 is 0 Å². The van der Waals surface area contributed by atoms with Crippen molar-refractivity contribution in [2.45, 2.75) is 25.6 Å². The molecule has 0 spiro atoms. The largest absolute Gasteiger partial charge is 0.479 e. The summed E-state index contributed by atoms with van der Waals surface area (Å²) in [5.74, 6) is -1.09. The van der Waals surface area contributed by atoms with Crippen LogP contribution in [0.1, 0.15) is 12.5 Å². The lowest BCUT2D eigenvalue weighted by atomic mass is 10.1. The zero-order chi connectivity index (χ0) is 14.7. The van der Waals surface area contributed by atoms with E-state index in [4.69, 9.17) is 9.84 Å². The SMILES string of the molecule is C[C@@H]1CN(C(=O)Cc2cccc(I)c2)CC(C(=O)O)O1. The van der Waals surface area contributed by atoms with Gasteiger partial charge in [0.15, 0.2) is 6.10 Å². The normalized spacial score (nSPS) is 22.6. The predicted octanol–water partition coefficient (Wildman–Crippen LogP) is 1.53. The minimum absolute atomic E-state index is 0.0617. The van der Waals surface area contributed by atoms with Crippen LogP contribution in [-0.4, -0.2) is 47.2 Å². The number of carboxylic acid groups (broad SMARTS) is 1. The monoisotopic (exact) mass is 389 g/mol. The molecule has 108 valence electrons. The summed E-state index contributed by atoms with van der Waals surface area (Å²) in [6.45, 7) is 2.33. The van der Waals surface area contributed by atoms with Gasteiger partial charge in [-0.2, -0.15) is 0 Å². The van der Waals surface area contributed by atoms with Crippen LogP contribution >= 0.6 is 22.6 Å². The van der Waals surface area contributed by atoms with Gasteiger partial charge in [0.25, 0.3) is 0 Å². The molecule has 20 heavy (non-hydrogen) atoms. The third kappa shape index (κ3) is 3.92. The molecule has 1 aromatic rings. The number of carboxylic acids is 1. The van der Waals surface area contributed by atoms with Crippen molar-refractivity contribution in [2.24, 2.45) is 0 Å². The van der Waals surface area contributed by atoms with Crippen LogP contribution in [0.15, 0.2) is 24.3 Å². The molecule has 6 heteroatoms. The van der Waals surface area contributed by atoms with Gasteiger partial charge < -0.3 is 14.7 Å². The second-order valence-corrected chi connectivity index (χ2v) is 6.12. The number of benzene rings is 1. The molecule has 5 nitrogen and oxygen atoms in total. The molecular formula is C14H16INO4.